The van der Waals surface area contributed by atoms with Crippen LogP contribution >= 0.6 is 0 Å². The van der Waals surface area contributed by atoms with Gasteiger partial charge in [0.25, 0.3) is 0 Å². The van der Waals surface area contributed by atoms with Gasteiger partial charge < -0.3 is 10.3 Å². The van der Waals surface area contributed by atoms with E-state index in [0.717, 1.165) is 51.6 Å². The minimum Gasteiger partial charge on any atom is -0.336 e. The van der Waals surface area contributed by atoms with Gasteiger partial charge in [0.05, 0.1) is 28.6 Å². The zero-order valence-electron chi connectivity index (χ0n) is 19.1. The monoisotopic (exact) mass is 472 g/mol. The number of nitrogens with zero attached hydrogens (tertiary/aromatic N) is 5. The molecule has 3 N–H and O–H groups in total. The maximum atomic E-state index is 12.2. The molecular formula is C27H20N8O. The third-order valence-electron chi connectivity index (χ3n) is 6.38. The molecule has 7 rings (SSSR count). The number of carbonyl (C=O) groups is 1. The van der Waals surface area contributed by atoms with Crippen molar-refractivity contribution in [2.75, 3.05) is 5.32 Å². The molecule has 1 aromatic carbocycles. The first-order valence-corrected chi connectivity index (χ1v) is 11.7. The van der Waals surface area contributed by atoms with E-state index in [4.69, 9.17) is 4.98 Å². The highest BCUT2D eigenvalue weighted by Crippen LogP contribution is 2.33. The van der Waals surface area contributed by atoms with Crippen LogP contribution in [0.5, 0.6) is 0 Å². The first-order chi connectivity index (χ1) is 17.7. The highest BCUT2D eigenvalue weighted by atomic mass is 16.2. The summed E-state index contributed by atoms with van der Waals surface area (Å²) in [6.07, 6.45) is 8.87. The van der Waals surface area contributed by atoms with Gasteiger partial charge in [-0.25, -0.2) is 4.98 Å². The van der Waals surface area contributed by atoms with Gasteiger partial charge in [-0.1, -0.05) is 12.1 Å². The van der Waals surface area contributed by atoms with Gasteiger partial charge >= 0.3 is 0 Å². The number of nitrogens with one attached hydrogen (secondary N) is 3. The number of imidazole rings is 1. The Bertz CT molecular complexity index is 1750. The van der Waals surface area contributed by atoms with Gasteiger partial charge in [0.2, 0.25) is 5.91 Å². The molecule has 1 amide bonds. The fourth-order valence-electron chi connectivity index (χ4n) is 4.37. The van der Waals surface area contributed by atoms with Crippen LogP contribution in [0.25, 0.3) is 56.0 Å². The number of benzene rings is 1. The topological polar surface area (TPSA) is 125 Å². The summed E-state index contributed by atoms with van der Waals surface area (Å²) in [6.45, 7) is 0. The molecule has 0 bridgehead atoms. The number of rotatable bonds is 5. The Kier molecular flexibility index (Phi) is 4.60. The van der Waals surface area contributed by atoms with Crippen molar-refractivity contribution in [2.45, 2.75) is 12.8 Å². The Balaban J connectivity index is 1.28. The molecule has 6 aromatic rings. The number of hydrogen-bond acceptors (Lipinski definition) is 6. The van der Waals surface area contributed by atoms with Crippen LogP contribution in [0.3, 0.4) is 0 Å². The van der Waals surface area contributed by atoms with E-state index in [-0.39, 0.29) is 11.8 Å². The van der Waals surface area contributed by atoms with Crippen LogP contribution < -0.4 is 5.32 Å². The molecule has 0 aliphatic heterocycles. The summed E-state index contributed by atoms with van der Waals surface area (Å²) in [4.78, 5) is 33.7. The van der Waals surface area contributed by atoms with Gasteiger partial charge in [-0.3, -0.25) is 24.8 Å². The van der Waals surface area contributed by atoms with Gasteiger partial charge in [0.15, 0.2) is 5.82 Å². The van der Waals surface area contributed by atoms with Crippen molar-refractivity contribution in [3.63, 3.8) is 0 Å². The van der Waals surface area contributed by atoms with Gasteiger partial charge in [-0.05, 0) is 54.8 Å². The highest BCUT2D eigenvalue weighted by molar-refractivity contribution is 5.98. The Hall–Kier alpha value is -4.92. The highest BCUT2D eigenvalue weighted by Gasteiger charge is 2.29. The molecule has 0 radical (unpaired) electrons. The maximum absolute atomic E-state index is 12.2. The molecule has 1 aliphatic carbocycles. The van der Waals surface area contributed by atoms with E-state index in [1.165, 1.54) is 0 Å². The van der Waals surface area contributed by atoms with Gasteiger partial charge in [0.1, 0.15) is 16.9 Å². The van der Waals surface area contributed by atoms with Gasteiger partial charge in [-0.15, -0.1) is 0 Å². The number of carbonyl (C=O) groups excluding carboxylic acids is 1. The van der Waals surface area contributed by atoms with E-state index in [9.17, 15) is 4.79 Å². The fourth-order valence-corrected chi connectivity index (χ4v) is 4.37. The summed E-state index contributed by atoms with van der Waals surface area (Å²) in [5.74, 6) is 0.837. The predicted octanol–water partition coefficient (Wildman–Crippen LogP) is 4.97. The molecule has 0 atom stereocenters. The molecule has 0 spiro atoms. The second kappa shape index (κ2) is 8.09. The molecule has 9 heteroatoms. The lowest BCUT2D eigenvalue weighted by Gasteiger charge is -2.07. The minimum atomic E-state index is 0.0611. The second-order valence-electron chi connectivity index (χ2n) is 8.91. The molecule has 5 heterocycles. The summed E-state index contributed by atoms with van der Waals surface area (Å²) in [5, 5.41) is 11.5. The number of H-pyrrole nitrogens is 2. The molecular weight excluding hydrogens is 452 g/mol. The number of pyridine rings is 3. The van der Waals surface area contributed by atoms with E-state index >= 15 is 0 Å². The molecule has 1 saturated carbocycles. The Morgan fingerprint density at radius 3 is 2.72 bits per heavy atom. The third kappa shape index (κ3) is 3.58. The van der Waals surface area contributed by atoms with Crippen LogP contribution in [0.1, 0.15) is 12.8 Å². The summed E-state index contributed by atoms with van der Waals surface area (Å²) < 4.78 is 0. The van der Waals surface area contributed by atoms with E-state index in [0.29, 0.717) is 22.9 Å². The van der Waals surface area contributed by atoms with Crippen molar-refractivity contribution in [2.24, 2.45) is 5.92 Å². The van der Waals surface area contributed by atoms with Gasteiger partial charge in [0, 0.05) is 35.5 Å². The van der Waals surface area contributed by atoms with Crippen LogP contribution in [-0.4, -0.2) is 41.0 Å². The standard InChI is InChI=1S/C27H20N8O/c36-27(15-4-5-15)31-18-11-17(13-28-14-18)16-6-7-20-19(12-16)23(35-34-20)26-32-22-8-10-30-24(25(22)33-26)21-3-1-2-9-29-21/h1-3,6-15H,4-5H2,(H,31,36)(H,32,33)(H,34,35). The molecule has 36 heavy (non-hydrogen) atoms. The van der Waals surface area contributed by atoms with Crippen molar-refractivity contribution in [1.82, 2.24) is 35.1 Å². The van der Waals surface area contributed by atoms with E-state index < -0.39 is 0 Å². The van der Waals surface area contributed by atoms with Crippen molar-refractivity contribution in [3.05, 3.63) is 73.3 Å². The SMILES string of the molecule is O=C(Nc1cncc(-c2ccc3[nH]nc(-c4nc5c(-c6ccccn6)nccc5[nH]4)c3c2)c1)C1CC1. The van der Waals surface area contributed by atoms with Crippen LogP contribution in [0, 0.1) is 5.92 Å². The van der Waals surface area contributed by atoms with Crippen molar-refractivity contribution in [3.8, 4) is 34.0 Å². The lowest BCUT2D eigenvalue weighted by Crippen LogP contribution is -2.13. The quantitative estimate of drug-likeness (QED) is 0.325. The lowest BCUT2D eigenvalue weighted by molar-refractivity contribution is -0.117. The number of anilines is 1. The molecule has 5 aromatic heterocycles. The molecule has 0 saturated heterocycles. The van der Waals surface area contributed by atoms with Crippen LogP contribution in [0.4, 0.5) is 5.69 Å². The Morgan fingerprint density at radius 2 is 1.86 bits per heavy atom. The Labute approximate surface area is 205 Å². The molecule has 1 aliphatic rings. The van der Waals surface area contributed by atoms with Crippen molar-refractivity contribution >= 4 is 33.5 Å². The number of fused-ring (bicyclic) bond motifs is 2. The molecule has 174 valence electrons. The zero-order chi connectivity index (χ0) is 24.1. The summed E-state index contributed by atoms with van der Waals surface area (Å²) in [7, 11) is 0. The van der Waals surface area contributed by atoms with Crippen LogP contribution in [0.2, 0.25) is 0 Å². The lowest BCUT2D eigenvalue weighted by atomic mass is 10.0. The molecule has 1 fully saturated rings. The Morgan fingerprint density at radius 1 is 0.917 bits per heavy atom. The first kappa shape index (κ1) is 20.5. The number of aromatic amines is 2. The molecule has 9 nitrogen and oxygen atoms in total. The third-order valence-corrected chi connectivity index (χ3v) is 6.38. The summed E-state index contributed by atoms with van der Waals surface area (Å²) in [6, 6.07) is 15.6. The van der Waals surface area contributed by atoms with Gasteiger partial charge in [-0.2, -0.15) is 5.10 Å². The van der Waals surface area contributed by atoms with Crippen LogP contribution in [0.15, 0.2) is 73.3 Å². The maximum Gasteiger partial charge on any atom is 0.227 e. The van der Waals surface area contributed by atoms with E-state index in [2.05, 4.69) is 41.5 Å². The first-order valence-electron chi connectivity index (χ1n) is 11.7. The zero-order valence-corrected chi connectivity index (χ0v) is 19.1. The van der Waals surface area contributed by atoms with E-state index in [1.54, 1.807) is 24.8 Å². The summed E-state index contributed by atoms with van der Waals surface area (Å²) >= 11 is 0. The normalized spacial score (nSPS) is 13.3. The minimum absolute atomic E-state index is 0.0611. The summed E-state index contributed by atoms with van der Waals surface area (Å²) in [5.41, 5.74) is 7.24. The van der Waals surface area contributed by atoms with Crippen molar-refractivity contribution in [1.29, 1.82) is 0 Å². The smallest absolute Gasteiger partial charge is 0.227 e. The molecule has 0 unspecified atom stereocenters. The largest absolute Gasteiger partial charge is 0.336 e. The van der Waals surface area contributed by atoms with Crippen LogP contribution in [-0.2, 0) is 4.79 Å². The van der Waals surface area contributed by atoms with E-state index in [1.807, 2.05) is 42.5 Å². The fraction of sp³-hybridized carbons (Fsp3) is 0.111. The van der Waals surface area contributed by atoms with Crippen molar-refractivity contribution < 1.29 is 4.79 Å². The predicted molar refractivity (Wildman–Crippen MR) is 137 cm³/mol. The second-order valence-corrected chi connectivity index (χ2v) is 8.91. The number of aromatic nitrogens is 7. The average Bonchev–Trinajstić information content (AvgIpc) is 3.55. The number of hydrogen-bond donors (Lipinski definition) is 3. The number of amides is 1. The average molecular weight is 473 g/mol.